The third-order valence-electron chi connectivity index (χ3n) is 5.40. The first-order valence-electron chi connectivity index (χ1n) is 10.2. The van der Waals surface area contributed by atoms with Gasteiger partial charge in [0.2, 0.25) is 5.88 Å². The summed E-state index contributed by atoms with van der Waals surface area (Å²) in [5, 5.41) is 31.9. The number of nitrogens with one attached hydrogen (secondary N) is 3. The van der Waals surface area contributed by atoms with Gasteiger partial charge in [0.15, 0.2) is 0 Å². The van der Waals surface area contributed by atoms with Crippen LogP contribution in [0.4, 0.5) is 22.1 Å². The van der Waals surface area contributed by atoms with E-state index >= 15 is 0 Å². The highest BCUT2D eigenvalue weighted by Gasteiger charge is 2.26. The quantitative estimate of drug-likeness (QED) is 0.447. The summed E-state index contributed by atoms with van der Waals surface area (Å²) in [6, 6.07) is 18.8. The van der Waals surface area contributed by atoms with Crippen molar-refractivity contribution >= 4 is 23.4 Å². The van der Waals surface area contributed by atoms with Crippen molar-refractivity contribution in [2.45, 2.75) is 37.8 Å². The first-order valence-corrected chi connectivity index (χ1v) is 10.2. The number of anilines is 3. The number of carbonyl (C=O) groups is 1. The number of nitrogens with zero attached hydrogens (tertiary/aromatic N) is 2. The molecule has 8 heteroatoms. The van der Waals surface area contributed by atoms with Gasteiger partial charge in [0.05, 0.1) is 17.3 Å². The Morgan fingerprint density at radius 3 is 2.61 bits per heavy atom. The van der Waals surface area contributed by atoms with Crippen molar-refractivity contribution < 1.29 is 14.4 Å². The molecule has 1 fully saturated rings. The molecule has 1 aromatic heterocycles. The number of nitriles is 1. The molecule has 0 spiro atoms. The van der Waals surface area contributed by atoms with E-state index in [9.17, 15) is 10.1 Å². The molecule has 2 atom stereocenters. The molecule has 3 aromatic rings. The van der Waals surface area contributed by atoms with Gasteiger partial charge in [-0.15, -0.1) is 0 Å². The number of carboxylic acid groups (broad SMARTS) is 1. The highest BCUT2D eigenvalue weighted by molar-refractivity contribution is 5.71. The van der Waals surface area contributed by atoms with E-state index in [0.29, 0.717) is 22.8 Å². The number of benzene rings is 2. The number of hydrogen-bond acceptors (Lipinski definition) is 6. The van der Waals surface area contributed by atoms with Gasteiger partial charge in [-0.3, -0.25) is 0 Å². The minimum atomic E-state index is -1.01. The lowest BCUT2D eigenvalue weighted by molar-refractivity contribution is 0.184. The molecule has 158 valence electrons. The lowest BCUT2D eigenvalue weighted by atomic mass is 9.90. The predicted molar refractivity (Wildman–Crippen MR) is 117 cm³/mol. The second-order valence-corrected chi connectivity index (χ2v) is 7.53. The van der Waals surface area contributed by atoms with Crippen LogP contribution in [0.3, 0.4) is 0 Å². The molecule has 8 nitrogen and oxygen atoms in total. The fourth-order valence-corrected chi connectivity index (χ4v) is 3.90. The number of rotatable bonds is 6. The van der Waals surface area contributed by atoms with E-state index in [4.69, 9.17) is 9.63 Å². The lowest BCUT2D eigenvalue weighted by Crippen LogP contribution is -2.48. The normalized spacial score (nSPS) is 18.0. The maximum absolute atomic E-state index is 11.1. The molecular formula is C23H23N5O3. The Balaban J connectivity index is 1.52. The fourth-order valence-electron chi connectivity index (χ4n) is 3.90. The third kappa shape index (κ3) is 4.95. The zero-order valence-corrected chi connectivity index (χ0v) is 16.8. The molecule has 0 bridgehead atoms. The molecule has 0 aliphatic heterocycles. The van der Waals surface area contributed by atoms with E-state index in [1.165, 1.54) is 0 Å². The van der Waals surface area contributed by atoms with Crippen LogP contribution < -0.4 is 16.0 Å². The van der Waals surface area contributed by atoms with Crippen LogP contribution in [0, 0.1) is 11.3 Å². The van der Waals surface area contributed by atoms with Crippen molar-refractivity contribution in [2.24, 2.45) is 0 Å². The zero-order chi connectivity index (χ0) is 21.6. The molecule has 1 amide bonds. The standard InChI is InChI=1S/C23H23N5O3/c24-14-16-10-11-17(25-18-8-4-5-9-19(18)27-23(29)30)12-20(16)26-22-13-21(28-31-22)15-6-2-1-3-7-15/h1-3,6-7,10-13,18-19,25-27H,4-5,8-9H2,(H,29,30)/t18-,19+/m1/s1. The maximum atomic E-state index is 11.1. The van der Waals surface area contributed by atoms with Gasteiger partial charge in [-0.05, 0) is 31.0 Å². The molecule has 31 heavy (non-hydrogen) atoms. The lowest BCUT2D eigenvalue weighted by Gasteiger charge is -2.32. The molecule has 4 N–H and O–H groups in total. The molecule has 1 heterocycles. The second-order valence-electron chi connectivity index (χ2n) is 7.53. The Hall–Kier alpha value is -3.99. The van der Waals surface area contributed by atoms with E-state index in [2.05, 4.69) is 27.2 Å². The van der Waals surface area contributed by atoms with Crippen LogP contribution in [-0.2, 0) is 0 Å². The van der Waals surface area contributed by atoms with Crippen molar-refractivity contribution in [3.05, 3.63) is 60.2 Å². The van der Waals surface area contributed by atoms with Crippen molar-refractivity contribution in [1.29, 1.82) is 5.26 Å². The largest absolute Gasteiger partial charge is 0.465 e. The number of aromatic nitrogens is 1. The summed E-state index contributed by atoms with van der Waals surface area (Å²) in [5.41, 5.74) is 3.48. The molecule has 4 rings (SSSR count). The van der Waals surface area contributed by atoms with E-state index in [1.807, 2.05) is 42.5 Å². The summed E-state index contributed by atoms with van der Waals surface area (Å²) in [6.45, 7) is 0. The predicted octanol–water partition coefficient (Wildman–Crippen LogP) is 4.95. The summed E-state index contributed by atoms with van der Waals surface area (Å²) in [5.74, 6) is 0.426. The van der Waals surface area contributed by atoms with Crippen LogP contribution in [-0.4, -0.2) is 28.4 Å². The van der Waals surface area contributed by atoms with Gasteiger partial charge >= 0.3 is 6.09 Å². The smallest absolute Gasteiger partial charge is 0.404 e. The van der Waals surface area contributed by atoms with E-state index in [-0.39, 0.29) is 12.1 Å². The van der Waals surface area contributed by atoms with Gasteiger partial charge in [-0.25, -0.2) is 4.79 Å². The fraction of sp³-hybridized carbons (Fsp3) is 0.261. The summed E-state index contributed by atoms with van der Waals surface area (Å²) in [6.07, 6.45) is 2.69. The highest BCUT2D eigenvalue weighted by atomic mass is 16.5. The van der Waals surface area contributed by atoms with Crippen LogP contribution in [0.2, 0.25) is 0 Å². The van der Waals surface area contributed by atoms with Gasteiger partial charge in [0.25, 0.3) is 0 Å². The molecule has 0 radical (unpaired) electrons. The van der Waals surface area contributed by atoms with Crippen molar-refractivity contribution in [2.75, 3.05) is 10.6 Å². The van der Waals surface area contributed by atoms with Crippen LogP contribution in [0.1, 0.15) is 31.2 Å². The monoisotopic (exact) mass is 417 g/mol. The van der Waals surface area contributed by atoms with Crippen molar-refractivity contribution in [3.63, 3.8) is 0 Å². The van der Waals surface area contributed by atoms with Crippen molar-refractivity contribution in [3.8, 4) is 17.3 Å². The summed E-state index contributed by atoms with van der Waals surface area (Å²) in [7, 11) is 0. The van der Waals surface area contributed by atoms with Crippen LogP contribution in [0.5, 0.6) is 0 Å². The first-order chi connectivity index (χ1) is 15.1. The van der Waals surface area contributed by atoms with E-state index in [0.717, 1.165) is 36.9 Å². The Morgan fingerprint density at radius 1 is 1.10 bits per heavy atom. The molecule has 1 saturated carbocycles. The molecule has 1 aliphatic rings. The molecule has 1 aliphatic carbocycles. The summed E-state index contributed by atoms with van der Waals surface area (Å²) >= 11 is 0. The Bertz CT molecular complexity index is 1090. The van der Waals surface area contributed by atoms with Gasteiger partial charge < -0.3 is 25.6 Å². The van der Waals surface area contributed by atoms with Crippen LogP contribution in [0.25, 0.3) is 11.3 Å². The Labute approximate surface area is 179 Å². The SMILES string of the molecule is N#Cc1ccc(N[C@@H]2CCCC[C@@H]2NC(=O)O)cc1Nc1cc(-c2ccccc2)no1. The summed E-state index contributed by atoms with van der Waals surface area (Å²) in [4.78, 5) is 11.1. The minimum absolute atomic E-state index is 0.0133. The van der Waals surface area contributed by atoms with Gasteiger partial charge in [0, 0.05) is 23.4 Å². The molecular weight excluding hydrogens is 394 g/mol. The molecule has 2 aromatic carbocycles. The van der Waals surface area contributed by atoms with Gasteiger partial charge in [-0.1, -0.05) is 48.3 Å². The third-order valence-corrected chi connectivity index (χ3v) is 5.40. The van der Waals surface area contributed by atoms with E-state index < -0.39 is 6.09 Å². The van der Waals surface area contributed by atoms with Gasteiger partial charge in [0.1, 0.15) is 11.8 Å². The highest BCUT2D eigenvalue weighted by Crippen LogP contribution is 2.29. The number of hydrogen-bond donors (Lipinski definition) is 4. The maximum Gasteiger partial charge on any atom is 0.404 e. The van der Waals surface area contributed by atoms with Crippen LogP contribution in [0.15, 0.2) is 59.1 Å². The van der Waals surface area contributed by atoms with Gasteiger partial charge in [-0.2, -0.15) is 5.26 Å². The number of amides is 1. The van der Waals surface area contributed by atoms with E-state index in [1.54, 1.807) is 12.1 Å². The average molecular weight is 417 g/mol. The minimum Gasteiger partial charge on any atom is -0.465 e. The van der Waals surface area contributed by atoms with Crippen molar-refractivity contribution in [1.82, 2.24) is 10.5 Å². The molecule has 0 unspecified atom stereocenters. The second kappa shape index (κ2) is 9.22. The Kier molecular flexibility index (Phi) is 6.03. The Morgan fingerprint density at radius 2 is 1.87 bits per heavy atom. The average Bonchev–Trinajstić information content (AvgIpc) is 3.24. The zero-order valence-electron chi connectivity index (χ0n) is 16.8. The van der Waals surface area contributed by atoms with Crippen LogP contribution >= 0.6 is 0 Å². The first kappa shape index (κ1) is 20.3. The topological polar surface area (TPSA) is 123 Å². The molecule has 0 saturated heterocycles. The summed E-state index contributed by atoms with van der Waals surface area (Å²) < 4.78 is 5.41.